The number of carboxylic acids is 1. The molecule has 0 aliphatic rings. The number of carboxylic acid groups (broad SMARTS) is 1. The minimum Gasteiger partial charge on any atom is -0.478 e. The molecule has 1 heterocycles. The van der Waals surface area contributed by atoms with Crippen molar-refractivity contribution in [2.45, 2.75) is 20.4 Å². The van der Waals surface area contributed by atoms with Crippen molar-refractivity contribution < 1.29 is 14.7 Å². The van der Waals surface area contributed by atoms with Crippen LogP contribution >= 0.6 is 0 Å². The molecular formula is C14H21N3O3. The van der Waals surface area contributed by atoms with Gasteiger partial charge in [-0.05, 0) is 25.1 Å². The van der Waals surface area contributed by atoms with E-state index < -0.39 is 5.97 Å². The zero-order valence-electron chi connectivity index (χ0n) is 12.1. The fourth-order valence-corrected chi connectivity index (χ4v) is 1.60. The molecule has 0 aliphatic heterocycles. The van der Waals surface area contributed by atoms with E-state index in [0.717, 1.165) is 5.69 Å². The number of carbonyl (C=O) groups excluding carboxylic acids is 1. The smallest absolute Gasteiger partial charge is 0.337 e. The predicted octanol–water partition coefficient (Wildman–Crippen LogP) is 0.984. The largest absolute Gasteiger partial charge is 0.478 e. The maximum absolute atomic E-state index is 11.6. The summed E-state index contributed by atoms with van der Waals surface area (Å²) in [4.78, 5) is 28.2. The van der Waals surface area contributed by atoms with Gasteiger partial charge in [-0.2, -0.15) is 0 Å². The Morgan fingerprint density at radius 1 is 1.40 bits per heavy atom. The summed E-state index contributed by atoms with van der Waals surface area (Å²) >= 11 is 0. The highest BCUT2D eigenvalue weighted by Gasteiger charge is 2.09. The van der Waals surface area contributed by atoms with E-state index in [1.807, 2.05) is 25.8 Å². The van der Waals surface area contributed by atoms with Crippen molar-refractivity contribution in [3.8, 4) is 0 Å². The Kier molecular flexibility index (Phi) is 6.11. The number of hydrogen-bond donors (Lipinski definition) is 2. The second kappa shape index (κ2) is 7.59. The van der Waals surface area contributed by atoms with E-state index >= 15 is 0 Å². The molecule has 20 heavy (non-hydrogen) atoms. The fourth-order valence-electron chi connectivity index (χ4n) is 1.60. The van der Waals surface area contributed by atoms with Crippen molar-refractivity contribution in [1.82, 2.24) is 15.2 Å². The van der Waals surface area contributed by atoms with Gasteiger partial charge in [0.25, 0.3) is 0 Å². The van der Waals surface area contributed by atoms with Crippen LogP contribution in [0.2, 0.25) is 0 Å². The first-order chi connectivity index (χ1) is 9.38. The maximum Gasteiger partial charge on any atom is 0.337 e. The van der Waals surface area contributed by atoms with Gasteiger partial charge in [-0.1, -0.05) is 13.8 Å². The predicted molar refractivity (Wildman–Crippen MR) is 75.4 cm³/mol. The molecule has 110 valence electrons. The zero-order chi connectivity index (χ0) is 15.1. The number of rotatable bonds is 7. The number of nitrogens with zero attached hydrogens (tertiary/aromatic N) is 2. The first-order valence-electron chi connectivity index (χ1n) is 6.52. The van der Waals surface area contributed by atoms with E-state index in [-0.39, 0.29) is 18.0 Å². The van der Waals surface area contributed by atoms with Crippen molar-refractivity contribution in [3.05, 3.63) is 29.6 Å². The van der Waals surface area contributed by atoms with Gasteiger partial charge in [0.2, 0.25) is 5.91 Å². The van der Waals surface area contributed by atoms with Gasteiger partial charge in [0.1, 0.15) is 0 Å². The molecule has 0 saturated heterocycles. The van der Waals surface area contributed by atoms with Gasteiger partial charge in [0, 0.05) is 19.3 Å². The molecule has 0 spiro atoms. The molecule has 0 saturated carbocycles. The SMILES string of the molecule is CC(C)CNC(=O)CN(C)Cc1ccc(C(=O)O)cn1. The van der Waals surface area contributed by atoms with Gasteiger partial charge in [-0.3, -0.25) is 14.7 Å². The topological polar surface area (TPSA) is 82.5 Å². The van der Waals surface area contributed by atoms with Gasteiger partial charge in [-0.15, -0.1) is 0 Å². The molecule has 0 unspecified atom stereocenters. The number of likely N-dealkylation sites (N-methyl/N-ethyl adjacent to an activating group) is 1. The molecule has 1 aromatic heterocycles. The van der Waals surface area contributed by atoms with Crippen LogP contribution in [0.25, 0.3) is 0 Å². The molecule has 2 N–H and O–H groups in total. The second-order valence-electron chi connectivity index (χ2n) is 5.21. The Labute approximate surface area is 118 Å². The molecule has 0 atom stereocenters. The van der Waals surface area contributed by atoms with Crippen molar-refractivity contribution in [3.63, 3.8) is 0 Å². The minimum atomic E-state index is -0.995. The molecule has 0 aromatic carbocycles. The number of aromatic nitrogens is 1. The van der Waals surface area contributed by atoms with Crippen LogP contribution in [-0.4, -0.2) is 47.0 Å². The number of aromatic carboxylic acids is 1. The van der Waals surface area contributed by atoms with Gasteiger partial charge < -0.3 is 10.4 Å². The van der Waals surface area contributed by atoms with Crippen LogP contribution in [-0.2, 0) is 11.3 Å². The summed E-state index contributed by atoms with van der Waals surface area (Å²) < 4.78 is 0. The number of carbonyl (C=O) groups is 2. The standard InChI is InChI=1S/C14H21N3O3/c1-10(2)6-16-13(18)9-17(3)8-12-5-4-11(7-15-12)14(19)20/h4-5,7,10H,6,8-9H2,1-3H3,(H,16,18)(H,19,20). The zero-order valence-corrected chi connectivity index (χ0v) is 12.1. The summed E-state index contributed by atoms with van der Waals surface area (Å²) in [6.45, 7) is 5.53. The van der Waals surface area contributed by atoms with Crippen molar-refractivity contribution in [2.24, 2.45) is 5.92 Å². The van der Waals surface area contributed by atoms with Gasteiger partial charge in [-0.25, -0.2) is 4.79 Å². The number of amides is 1. The maximum atomic E-state index is 11.6. The molecule has 0 fully saturated rings. The van der Waals surface area contributed by atoms with E-state index in [2.05, 4.69) is 10.3 Å². The third-order valence-corrected chi connectivity index (χ3v) is 2.62. The lowest BCUT2D eigenvalue weighted by Gasteiger charge is -2.16. The Bertz CT molecular complexity index is 457. The van der Waals surface area contributed by atoms with Crippen LogP contribution in [0.3, 0.4) is 0 Å². The van der Waals surface area contributed by atoms with Crippen LogP contribution < -0.4 is 5.32 Å². The summed E-state index contributed by atoms with van der Waals surface area (Å²) in [5, 5.41) is 11.6. The van der Waals surface area contributed by atoms with E-state index in [1.165, 1.54) is 12.3 Å². The Balaban J connectivity index is 2.43. The lowest BCUT2D eigenvalue weighted by molar-refractivity contribution is -0.122. The number of pyridine rings is 1. The van der Waals surface area contributed by atoms with Crippen LogP contribution in [0.1, 0.15) is 29.9 Å². The van der Waals surface area contributed by atoms with Crippen LogP contribution in [0, 0.1) is 5.92 Å². The Hall–Kier alpha value is -1.95. The average Bonchev–Trinajstić information content (AvgIpc) is 2.36. The molecule has 1 rings (SSSR count). The van der Waals surface area contributed by atoms with Crippen LogP contribution in [0.4, 0.5) is 0 Å². The van der Waals surface area contributed by atoms with Gasteiger partial charge >= 0.3 is 5.97 Å². The summed E-state index contributed by atoms with van der Waals surface area (Å²) in [6.07, 6.45) is 1.32. The molecule has 1 amide bonds. The highest BCUT2D eigenvalue weighted by atomic mass is 16.4. The first-order valence-corrected chi connectivity index (χ1v) is 6.52. The Morgan fingerprint density at radius 3 is 2.60 bits per heavy atom. The molecule has 6 heteroatoms. The third-order valence-electron chi connectivity index (χ3n) is 2.62. The normalized spacial score (nSPS) is 10.8. The van der Waals surface area contributed by atoms with Crippen molar-refractivity contribution >= 4 is 11.9 Å². The molecule has 6 nitrogen and oxygen atoms in total. The van der Waals surface area contributed by atoms with Crippen LogP contribution in [0.15, 0.2) is 18.3 Å². The minimum absolute atomic E-state index is 0.0247. The second-order valence-corrected chi connectivity index (χ2v) is 5.21. The van der Waals surface area contributed by atoms with E-state index in [4.69, 9.17) is 5.11 Å². The van der Waals surface area contributed by atoms with E-state index in [1.54, 1.807) is 6.07 Å². The van der Waals surface area contributed by atoms with E-state index in [0.29, 0.717) is 19.0 Å². The molecule has 1 aromatic rings. The lowest BCUT2D eigenvalue weighted by atomic mass is 10.2. The number of hydrogen-bond acceptors (Lipinski definition) is 4. The quantitative estimate of drug-likeness (QED) is 0.777. The molecule has 0 radical (unpaired) electrons. The lowest BCUT2D eigenvalue weighted by Crippen LogP contribution is -2.36. The summed E-state index contributed by atoms with van der Waals surface area (Å²) in [7, 11) is 1.82. The summed E-state index contributed by atoms with van der Waals surface area (Å²) in [5.74, 6) is -0.594. The highest BCUT2D eigenvalue weighted by molar-refractivity contribution is 5.87. The van der Waals surface area contributed by atoms with Crippen molar-refractivity contribution in [2.75, 3.05) is 20.1 Å². The number of nitrogens with one attached hydrogen (secondary N) is 1. The van der Waals surface area contributed by atoms with Crippen molar-refractivity contribution in [1.29, 1.82) is 0 Å². The highest BCUT2D eigenvalue weighted by Crippen LogP contribution is 2.03. The first kappa shape index (κ1) is 16.1. The van der Waals surface area contributed by atoms with Gasteiger partial charge in [0.05, 0.1) is 17.8 Å². The monoisotopic (exact) mass is 279 g/mol. The molecule has 0 bridgehead atoms. The third kappa shape index (κ3) is 5.79. The molecule has 0 aliphatic carbocycles. The fraction of sp³-hybridized carbons (Fsp3) is 0.500. The summed E-state index contributed by atoms with van der Waals surface area (Å²) in [5.41, 5.74) is 0.889. The Morgan fingerprint density at radius 2 is 2.10 bits per heavy atom. The van der Waals surface area contributed by atoms with Gasteiger partial charge in [0.15, 0.2) is 0 Å². The van der Waals surface area contributed by atoms with Crippen LogP contribution in [0.5, 0.6) is 0 Å². The summed E-state index contributed by atoms with van der Waals surface area (Å²) in [6, 6.07) is 3.17. The van der Waals surface area contributed by atoms with E-state index in [9.17, 15) is 9.59 Å². The molecular weight excluding hydrogens is 258 g/mol. The average molecular weight is 279 g/mol.